The predicted octanol–water partition coefficient (Wildman–Crippen LogP) is 2.16. The van der Waals surface area contributed by atoms with Gasteiger partial charge in [-0.1, -0.05) is 0 Å². The van der Waals surface area contributed by atoms with Crippen LogP contribution >= 0.6 is 0 Å². The van der Waals surface area contributed by atoms with E-state index < -0.39 is 5.54 Å². The predicted molar refractivity (Wildman–Crippen MR) is 78.0 cm³/mol. The molecule has 0 bridgehead atoms. The molecule has 0 aromatic rings. The van der Waals surface area contributed by atoms with Crippen molar-refractivity contribution in [1.29, 1.82) is 5.26 Å². The van der Waals surface area contributed by atoms with Crippen molar-refractivity contribution in [2.24, 2.45) is 0 Å². The van der Waals surface area contributed by atoms with Crippen LogP contribution in [-0.2, 0) is 4.74 Å². The zero-order chi connectivity index (χ0) is 14.7. The number of morpholine rings is 1. The molecular weight excluding hydrogens is 238 g/mol. The first kappa shape index (κ1) is 16.4. The second-order valence-electron chi connectivity index (χ2n) is 6.87. The molecular formula is C15H29N3O. The number of nitriles is 1. The zero-order valence-electron chi connectivity index (χ0n) is 13.3. The van der Waals surface area contributed by atoms with Crippen LogP contribution in [0.2, 0.25) is 0 Å². The Morgan fingerprint density at radius 1 is 1.42 bits per heavy atom. The van der Waals surface area contributed by atoms with E-state index in [1.54, 1.807) is 0 Å². The van der Waals surface area contributed by atoms with Crippen LogP contribution in [0.1, 0.15) is 48.0 Å². The lowest BCUT2D eigenvalue weighted by atomic mass is 9.92. The molecule has 0 spiro atoms. The molecule has 0 aromatic carbocycles. The van der Waals surface area contributed by atoms with Crippen LogP contribution in [0.4, 0.5) is 0 Å². The number of nitrogens with one attached hydrogen (secondary N) is 1. The minimum absolute atomic E-state index is 0.0823. The van der Waals surface area contributed by atoms with E-state index in [1.165, 1.54) is 0 Å². The molecule has 0 aliphatic carbocycles. The van der Waals surface area contributed by atoms with Crippen molar-refractivity contribution in [2.45, 2.75) is 71.2 Å². The second kappa shape index (κ2) is 6.21. The van der Waals surface area contributed by atoms with Gasteiger partial charge in [0.25, 0.3) is 0 Å². The van der Waals surface area contributed by atoms with Crippen LogP contribution in [0.3, 0.4) is 0 Å². The summed E-state index contributed by atoms with van der Waals surface area (Å²) in [4.78, 5) is 2.43. The summed E-state index contributed by atoms with van der Waals surface area (Å²) in [7, 11) is 0. The first-order valence-electron chi connectivity index (χ1n) is 7.24. The highest BCUT2D eigenvalue weighted by molar-refractivity contribution is 5.06. The third-order valence-corrected chi connectivity index (χ3v) is 3.64. The molecule has 4 heteroatoms. The van der Waals surface area contributed by atoms with Gasteiger partial charge in [-0.3, -0.25) is 10.2 Å². The van der Waals surface area contributed by atoms with E-state index in [4.69, 9.17) is 4.74 Å². The normalized spacial score (nSPS) is 24.7. The summed E-state index contributed by atoms with van der Waals surface area (Å²) in [5.74, 6) is 0. The lowest BCUT2D eigenvalue weighted by molar-refractivity contribution is -0.0972. The van der Waals surface area contributed by atoms with Crippen LogP contribution in [0.25, 0.3) is 0 Å². The van der Waals surface area contributed by atoms with Crippen LogP contribution in [0, 0.1) is 11.3 Å². The molecule has 19 heavy (non-hydrogen) atoms. The first-order valence-corrected chi connectivity index (χ1v) is 7.24. The molecule has 0 aromatic heterocycles. The van der Waals surface area contributed by atoms with Gasteiger partial charge in [0.1, 0.15) is 5.54 Å². The van der Waals surface area contributed by atoms with Crippen molar-refractivity contribution in [2.75, 3.05) is 19.7 Å². The highest BCUT2D eigenvalue weighted by Crippen LogP contribution is 2.22. The lowest BCUT2D eigenvalue weighted by Crippen LogP contribution is -2.55. The fraction of sp³-hybridized carbons (Fsp3) is 0.933. The Bertz CT molecular complexity index is 335. The van der Waals surface area contributed by atoms with Crippen molar-refractivity contribution in [3.8, 4) is 6.07 Å². The maximum Gasteiger partial charge on any atom is 0.105 e. The largest absolute Gasteiger partial charge is 0.373 e. The van der Waals surface area contributed by atoms with Crippen LogP contribution < -0.4 is 5.32 Å². The fourth-order valence-corrected chi connectivity index (χ4v) is 2.92. The Kier molecular flexibility index (Phi) is 5.37. The van der Waals surface area contributed by atoms with Crippen LogP contribution in [0.15, 0.2) is 0 Å². The van der Waals surface area contributed by atoms with Gasteiger partial charge in [-0.05, 0) is 48.0 Å². The molecule has 1 aliphatic rings. The van der Waals surface area contributed by atoms with Gasteiger partial charge < -0.3 is 4.74 Å². The van der Waals surface area contributed by atoms with E-state index in [0.29, 0.717) is 12.1 Å². The van der Waals surface area contributed by atoms with Crippen LogP contribution in [0.5, 0.6) is 0 Å². The molecule has 1 heterocycles. The Morgan fingerprint density at radius 2 is 2.05 bits per heavy atom. The average molecular weight is 267 g/mol. The monoisotopic (exact) mass is 267 g/mol. The van der Waals surface area contributed by atoms with E-state index in [1.807, 2.05) is 6.92 Å². The van der Waals surface area contributed by atoms with Crippen molar-refractivity contribution in [1.82, 2.24) is 10.2 Å². The summed E-state index contributed by atoms with van der Waals surface area (Å²) in [6.07, 6.45) is 0.831. The summed E-state index contributed by atoms with van der Waals surface area (Å²) < 4.78 is 5.74. The Hall–Kier alpha value is -0.630. The molecule has 1 aliphatic heterocycles. The van der Waals surface area contributed by atoms with Gasteiger partial charge in [0.15, 0.2) is 0 Å². The van der Waals surface area contributed by atoms with E-state index in [0.717, 1.165) is 26.1 Å². The Balaban J connectivity index is 2.62. The molecule has 1 rings (SSSR count). The van der Waals surface area contributed by atoms with Gasteiger partial charge in [0, 0.05) is 25.2 Å². The molecule has 1 fully saturated rings. The average Bonchev–Trinajstić information content (AvgIpc) is 2.26. The number of ether oxygens (including phenoxy) is 1. The molecule has 110 valence electrons. The van der Waals surface area contributed by atoms with Gasteiger partial charge in [-0.2, -0.15) is 5.26 Å². The number of rotatable bonds is 5. The number of hydrogen-bond donors (Lipinski definition) is 1. The highest BCUT2D eigenvalue weighted by atomic mass is 16.5. The molecule has 2 unspecified atom stereocenters. The second-order valence-corrected chi connectivity index (χ2v) is 6.87. The molecule has 0 saturated carbocycles. The van der Waals surface area contributed by atoms with E-state index in [9.17, 15) is 5.26 Å². The zero-order valence-corrected chi connectivity index (χ0v) is 13.3. The third-order valence-electron chi connectivity index (χ3n) is 3.64. The summed E-state index contributed by atoms with van der Waals surface area (Å²) in [6, 6.07) is 3.12. The minimum atomic E-state index is -0.462. The van der Waals surface area contributed by atoms with Gasteiger partial charge >= 0.3 is 0 Å². The Labute approximate surface area is 118 Å². The number of hydrogen-bond acceptors (Lipinski definition) is 4. The molecule has 4 nitrogen and oxygen atoms in total. The lowest BCUT2D eigenvalue weighted by Gasteiger charge is -2.43. The summed E-state index contributed by atoms with van der Waals surface area (Å²) in [5, 5.41) is 12.8. The van der Waals surface area contributed by atoms with Crippen molar-refractivity contribution in [3.05, 3.63) is 0 Å². The molecule has 0 radical (unpaired) electrons. The Morgan fingerprint density at radius 3 is 2.53 bits per heavy atom. The number of nitrogens with zero attached hydrogens (tertiary/aromatic N) is 2. The van der Waals surface area contributed by atoms with Gasteiger partial charge in [-0.15, -0.1) is 0 Å². The van der Waals surface area contributed by atoms with Crippen LogP contribution in [-0.4, -0.2) is 47.8 Å². The standard InChI is InChI=1S/C15H29N3O/c1-12(2)17-15(6,10-16)9-13(3)18-7-8-19-14(4,5)11-18/h12-13,17H,7-9,11H2,1-6H3. The van der Waals surface area contributed by atoms with E-state index in [-0.39, 0.29) is 5.60 Å². The quantitative estimate of drug-likeness (QED) is 0.829. The topological polar surface area (TPSA) is 48.3 Å². The molecule has 1 N–H and O–H groups in total. The highest BCUT2D eigenvalue weighted by Gasteiger charge is 2.34. The van der Waals surface area contributed by atoms with E-state index >= 15 is 0 Å². The molecule has 2 atom stereocenters. The van der Waals surface area contributed by atoms with E-state index in [2.05, 4.69) is 50.9 Å². The van der Waals surface area contributed by atoms with Crippen molar-refractivity contribution in [3.63, 3.8) is 0 Å². The molecule has 1 saturated heterocycles. The minimum Gasteiger partial charge on any atom is -0.373 e. The summed E-state index contributed by atoms with van der Waals surface area (Å²) in [6.45, 7) is 15.3. The van der Waals surface area contributed by atoms with Gasteiger partial charge in [0.2, 0.25) is 0 Å². The van der Waals surface area contributed by atoms with Crippen molar-refractivity contribution >= 4 is 0 Å². The SMILES string of the molecule is CC(C)NC(C)(C#N)CC(C)N1CCOC(C)(C)C1. The summed E-state index contributed by atoms with van der Waals surface area (Å²) >= 11 is 0. The van der Waals surface area contributed by atoms with Gasteiger partial charge in [0.05, 0.1) is 18.3 Å². The fourth-order valence-electron chi connectivity index (χ4n) is 2.92. The van der Waals surface area contributed by atoms with Crippen molar-refractivity contribution < 1.29 is 4.74 Å². The maximum atomic E-state index is 9.43. The third kappa shape index (κ3) is 5.10. The summed E-state index contributed by atoms with van der Waals surface area (Å²) in [5.41, 5.74) is -0.545. The molecule has 0 amide bonds. The van der Waals surface area contributed by atoms with Gasteiger partial charge in [-0.25, -0.2) is 0 Å². The first-order chi connectivity index (χ1) is 8.67. The smallest absolute Gasteiger partial charge is 0.105 e. The maximum absolute atomic E-state index is 9.43.